The van der Waals surface area contributed by atoms with Crippen molar-refractivity contribution < 1.29 is 0 Å². The summed E-state index contributed by atoms with van der Waals surface area (Å²) in [7, 11) is 0. The molecule has 7 aromatic rings. The van der Waals surface area contributed by atoms with Gasteiger partial charge in [0, 0.05) is 32.9 Å². The van der Waals surface area contributed by atoms with Crippen LogP contribution >= 0.6 is 0 Å². The van der Waals surface area contributed by atoms with Crippen molar-refractivity contribution in [1.29, 1.82) is 10.5 Å². The highest BCUT2D eigenvalue weighted by Crippen LogP contribution is 2.41. The number of allylic oxidation sites excluding steroid dienone is 4. The molecule has 9 rings (SSSR count). The fourth-order valence-electron chi connectivity index (χ4n) is 8.24. The first-order chi connectivity index (χ1) is 23.7. The van der Waals surface area contributed by atoms with Crippen LogP contribution in [0.2, 0.25) is 0 Å². The lowest BCUT2D eigenvalue weighted by Gasteiger charge is -2.22. The van der Waals surface area contributed by atoms with Crippen LogP contribution in [0.15, 0.2) is 127 Å². The van der Waals surface area contributed by atoms with Gasteiger partial charge in [-0.2, -0.15) is 10.5 Å². The monoisotopic (exact) mass is 616 g/mol. The predicted octanol–water partition coefficient (Wildman–Crippen LogP) is 10.6. The number of aromatic nitrogens is 2. The Morgan fingerprint density at radius 1 is 0.646 bits per heavy atom. The molecule has 2 aliphatic rings. The van der Waals surface area contributed by atoms with Crippen molar-refractivity contribution in [1.82, 2.24) is 9.13 Å². The highest BCUT2D eigenvalue weighted by molar-refractivity contribution is 6.10. The molecule has 0 bridgehead atoms. The average molecular weight is 617 g/mol. The first-order valence-corrected chi connectivity index (χ1v) is 16.8. The summed E-state index contributed by atoms with van der Waals surface area (Å²) in [6, 6.07) is 43.0. The third-order valence-electron chi connectivity index (χ3n) is 10.3. The van der Waals surface area contributed by atoms with Gasteiger partial charge in [-0.3, -0.25) is 0 Å². The summed E-state index contributed by atoms with van der Waals surface area (Å²) in [5, 5.41) is 24.0. The topological polar surface area (TPSA) is 57.4 Å². The highest BCUT2D eigenvalue weighted by Gasteiger charge is 2.24. The molecule has 1 atom stereocenters. The van der Waals surface area contributed by atoms with Gasteiger partial charge in [-0.1, -0.05) is 91.0 Å². The molecule has 4 nitrogen and oxygen atoms in total. The summed E-state index contributed by atoms with van der Waals surface area (Å²) >= 11 is 0. The van der Waals surface area contributed by atoms with Crippen LogP contribution in [0.25, 0.3) is 55.1 Å². The van der Waals surface area contributed by atoms with Crippen LogP contribution < -0.4 is 0 Å². The maximum atomic E-state index is 10.3. The number of benzene rings is 5. The molecule has 1 unspecified atom stereocenters. The van der Waals surface area contributed by atoms with Crippen molar-refractivity contribution in [3.63, 3.8) is 0 Å². The summed E-state index contributed by atoms with van der Waals surface area (Å²) in [4.78, 5) is 0. The minimum Gasteiger partial charge on any atom is -0.332 e. The number of nitrogens with zero attached hydrogens (tertiary/aromatic N) is 4. The molecule has 0 N–H and O–H groups in total. The van der Waals surface area contributed by atoms with Crippen molar-refractivity contribution in [3.05, 3.63) is 155 Å². The van der Waals surface area contributed by atoms with Crippen LogP contribution in [0.3, 0.4) is 0 Å². The van der Waals surface area contributed by atoms with Gasteiger partial charge in [0.25, 0.3) is 0 Å². The Labute approximate surface area is 279 Å². The molecule has 2 aromatic heterocycles. The number of hydrogen-bond donors (Lipinski definition) is 0. The Balaban J connectivity index is 1.21. The zero-order chi connectivity index (χ0) is 32.2. The summed E-state index contributed by atoms with van der Waals surface area (Å²) in [5.41, 5.74) is 12.9. The zero-order valence-electron chi connectivity index (χ0n) is 26.5. The van der Waals surface area contributed by atoms with E-state index in [2.05, 4.69) is 130 Å². The SMILES string of the molecule is N#Cc1ccc(-c2ccccc2-n2c3c(c4ccccc42)CCCC3)cc1C1=CC(n2c3ccccc3c3cccc(C#N)c32)CC=C1. The molecule has 2 aliphatic carbocycles. The van der Waals surface area contributed by atoms with Crippen molar-refractivity contribution in [2.75, 3.05) is 0 Å². The molecular weight excluding hydrogens is 585 g/mol. The van der Waals surface area contributed by atoms with Gasteiger partial charge in [-0.25, -0.2) is 0 Å². The van der Waals surface area contributed by atoms with Crippen molar-refractivity contribution in [2.45, 2.75) is 38.1 Å². The summed E-state index contributed by atoms with van der Waals surface area (Å²) in [6.07, 6.45) is 12.1. The van der Waals surface area contributed by atoms with Gasteiger partial charge < -0.3 is 9.13 Å². The van der Waals surface area contributed by atoms with E-state index in [9.17, 15) is 10.5 Å². The molecule has 0 saturated carbocycles. The maximum Gasteiger partial charge on any atom is 0.101 e. The molecule has 228 valence electrons. The number of fused-ring (bicyclic) bond motifs is 6. The van der Waals surface area contributed by atoms with Gasteiger partial charge in [-0.15, -0.1) is 0 Å². The van der Waals surface area contributed by atoms with E-state index < -0.39 is 0 Å². The fraction of sp³-hybridized carbons (Fsp3) is 0.136. The largest absolute Gasteiger partial charge is 0.332 e. The van der Waals surface area contributed by atoms with Gasteiger partial charge in [0.05, 0.1) is 40.0 Å². The third kappa shape index (κ3) is 4.27. The number of nitriles is 2. The first-order valence-electron chi connectivity index (χ1n) is 16.8. The van der Waals surface area contributed by atoms with Gasteiger partial charge in [0.1, 0.15) is 6.07 Å². The molecule has 0 aliphatic heterocycles. The average Bonchev–Trinajstić information content (AvgIpc) is 3.68. The second-order valence-corrected chi connectivity index (χ2v) is 12.9. The molecule has 4 heteroatoms. The second-order valence-electron chi connectivity index (χ2n) is 12.9. The van der Waals surface area contributed by atoms with Crippen LogP contribution in [0.4, 0.5) is 0 Å². The van der Waals surface area contributed by atoms with Gasteiger partial charge in [-0.05, 0) is 90.8 Å². The maximum absolute atomic E-state index is 10.3. The van der Waals surface area contributed by atoms with Crippen LogP contribution in [-0.2, 0) is 12.8 Å². The summed E-state index contributed by atoms with van der Waals surface area (Å²) in [5.74, 6) is 0. The van der Waals surface area contributed by atoms with Gasteiger partial charge >= 0.3 is 0 Å². The predicted molar refractivity (Wildman–Crippen MR) is 195 cm³/mol. The lowest BCUT2D eigenvalue weighted by Crippen LogP contribution is -2.09. The number of rotatable bonds is 4. The molecule has 2 heterocycles. The molecule has 5 aromatic carbocycles. The molecular formula is C44H32N4. The Kier molecular flexibility index (Phi) is 6.63. The quantitative estimate of drug-likeness (QED) is 0.198. The van der Waals surface area contributed by atoms with Crippen LogP contribution in [0.5, 0.6) is 0 Å². The van der Waals surface area contributed by atoms with Gasteiger partial charge in [0.2, 0.25) is 0 Å². The Bertz CT molecular complexity index is 2580. The molecule has 48 heavy (non-hydrogen) atoms. The van der Waals surface area contributed by atoms with E-state index in [1.165, 1.54) is 40.7 Å². The van der Waals surface area contributed by atoms with E-state index in [1.54, 1.807) is 0 Å². The van der Waals surface area contributed by atoms with Crippen molar-refractivity contribution in [2.24, 2.45) is 0 Å². The number of para-hydroxylation sites is 4. The lowest BCUT2D eigenvalue weighted by molar-refractivity contribution is 0.649. The minimum absolute atomic E-state index is 0.0119. The van der Waals surface area contributed by atoms with E-state index in [0.29, 0.717) is 11.1 Å². The smallest absolute Gasteiger partial charge is 0.101 e. The van der Waals surface area contributed by atoms with Crippen molar-refractivity contribution >= 4 is 38.3 Å². The van der Waals surface area contributed by atoms with Crippen LogP contribution in [0, 0.1) is 22.7 Å². The summed E-state index contributed by atoms with van der Waals surface area (Å²) < 4.78 is 4.81. The Morgan fingerprint density at radius 2 is 1.40 bits per heavy atom. The van der Waals surface area contributed by atoms with Crippen LogP contribution in [-0.4, -0.2) is 9.13 Å². The molecule has 0 spiro atoms. The van der Waals surface area contributed by atoms with E-state index in [1.807, 2.05) is 18.2 Å². The van der Waals surface area contributed by atoms with Crippen LogP contribution in [0.1, 0.15) is 53.3 Å². The normalized spacial score (nSPS) is 15.7. The fourth-order valence-corrected chi connectivity index (χ4v) is 8.24. The highest BCUT2D eigenvalue weighted by atomic mass is 15.0. The van der Waals surface area contributed by atoms with E-state index >= 15 is 0 Å². The molecule has 0 fully saturated rings. The number of aryl methyl sites for hydroxylation is 1. The lowest BCUT2D eigenvalue weighted by atomic mass is 9.90. The Morgan fingerprint density at radius 3 is 2.27 bits per heavy atom. The summed E-state index contributed by atoms with van der Waals surface area (Å²) in [6.45, 7) is 0. The van der Waals surface area contributed by atoms with E-state index in [4.69, 9.17) is 0 Å². The molecule has 0 amide bonds. The third-order valence-corrected chi connectivity index (χ3v) is 10.3. The second kappa shape index (κ2) is 11.3. The van der Waals surface area contributed by atoms with E-state index in [0.717, 1.165) is 63.3 Å². The first kappa shape index (κ1) is 28.1. The zero-order valence-corrected chi connectivity index (χ0v) is 26.5. The van der Waals surface area contributed by atoms with Crippen molar-refractivity contribution in [3.8, 4) is 29.0 Å². The molecule has 0 saturated heterocycles. The molecule has 0 radical (unpaired) electrons. The van der Waals surface area contributed by atoms with E-state index in [-0.39, 0.29) is 6.04 Å². The van der Waals surface area contributed by atoms with Gasteiger partial charge in [0.15, 0.2) is 0 Å². The standard InChI is InChI=1S/C44H32N4/c45-27-31-24-23-30(34-14-1-5-19-40(34)48-42-21-7-2-15-35(42)36-16-3-8-22-43(36)48)26-39(31)29-11-9-13-33(25-29)47-41-20-6-4-17-37(41)38-18-10-12-32(28-46)44(38)47/h1-2,4-7,9-12,14-15,17-21,23-26,33H,3,8,13,16,22H2. The Hall–Kier alpha value is -6.10. The number of hydrogen-bond acceptors (Lipinski definition) is 2. The minimum atomic E-state index is -0.0119.